The van der Waals surface area contributed by atoms with E-state index in [1.165, 1.54) is 20.8 Å². The molecule has 0 heterocycles. The Hall–Kier alpha value is -2.60. The van der Waals surface area contributed by atoms with Crippen molar-refractivity contribution in [3.8, 4) is 0 Å². The molecule has 0 N–H and O–H groups in total. The summed E-state index contributed by atoms with van der Waals surface area (Å²) < 4.78 is 0. The van der Waals surface area contributed by atoms with Gasteiger partial charge in [0, 0.05) is 0 Å². The first-order valence-electron chi connectivity index (χ1n) is 7.84. The maximum atomic E-state index is 3.98. The molecule has 3 aromatic carbocycles. The average molecular weight is 312 g/mol. The van der Waals surface area contributed by atoms with Gasteiger partial charge >= 0.3 is 0 Å². The number of rotatable bonds is 4. The Morgan fingerprint density at radius 2 is 0.957 bits per heavy atom. The van der Waals surface area contributed by atoms with Crippen LogP contribution in [0.4, 0.5) is 0 Å². The van der Waals surface area contributed by atoms with Crippen molar-refractivity contribution in [3.05, 3.63) is 109 Å². The Morgan fingerprint density at radius 1 is 0.652 bits per heavy atom. The van der Waals surface area contributed by atoms with E-state index in [4.69, 9.17) is 0 Å². The number of hydrogen-bond acceptors (Lipinski definition) is 0. The molecule has 23 heavy (non-hydrogen) atoms. The Balaban J connectivity index is 2.43. The van der Waals surface area contributed by atoms with Crippen LogP contribution in [0.5, 0.6) is 0 Å². The van der Waals surface area contributed by atoms with Crippen molar-refractivity contribution in [2.45, 2.75) is 6.92 Å². The molecule has 0 aromatic heterocycles. The highest BCUT2D eigenvalue weighted by Gasteiger charge is 2.41. The summed E-state index contributed by atoms with van der Waals surface area (Å²) in [7, 11) is -2.28. The first-order valence-corrected chi connectivity index (χ1v) is 9.84. The van der Waals surface area contributed by atoms with Crippen LogP contribution in [0.1, 0.15) is 6.92 Å². The van der Waals surface area contributed by atoms with Gasteiger partial charge < -0.3 is 0 Å². The lowest BCUT2D eigenvalue weighted by atomic mass is 10.3. The van der Waals surface area contributed by atoms with Crippen LogP contribution in [-0.4, -0.2) is 8.07 Å². The maximum Gasteiger partial charge on any atom is 0.183 e. The molecular weight excluding hydrogens is 292 g/mol. The van der Waals surface area contributed by atoms with E-state index in [-0.39, 0.29) is 0 Å². The van der Waals surface area contributed by atoms with Crippen molar-refractivity contribution in [1.29, 1.82) is 0 Å². The second-order valence-corrected chi connectivity index (χ2v) is 9.63. The third-order valence-electron chi connectivity index (χ3n) is 4.45. The highest BCUT2D eigenvalue weighted by Crippen LogP contribution is 2.15. The topological polar surface area (TPSA) is 0 Å². The molecule has 0 spiro atoms. The van der Waals surface area contributed by atoms with E-state index in [0.717, 1.165) is 0 Å². The first kappa shape index (κ1) is 15.3. The van der Waals surface area contributed by atoms with E-state index in [0.29, 0.717) is 0 Å². The van der Waals surface area contributed by atoms with Crippen LogP contribution in [0.3, 0.4) is 0 Å². The highest BCUT2D eigenvalue weighted by atomic mass is 28.3. The Labute approximate surface area is 139 Å². The molecule has 0 bridgehead atoms. The van der Waals surface area contributed by atoms with Gasteiger partial charge in [0.1, 0.15) is 0 Å². The summed E-state index contributed by atoms with van der Waals surface area (Å²) in [4.78, 5) is 0. The minimum absolute atomic E-state index is 1.24. The fourth-order valence-corrected chi connectivity index (χ4v) is 7.99. The van der Waals surface area contributed by atoms with E-state index >= 15 is 0 Å². The van der Waals surface area contributed by atoms with E-state index < -0.39 is 8.07 Å². The molecule has 0 atom stereocenters. The number of benzene rings is 3. The van der Waals surface area contributed by atoms with Crippen LogP contribution in [-0.2, 0) is 0 Å². The monoisotopic (exact) mass is 312 g/mol. The Morgan fingerprint density at radius 3 is 1.22 bits per heavy atom. The average Bonchev–Trinajstić information content (AvgIpc) is 2.65. The van der Waals surface area contributed by atoms with Crippen LogP contribution in [0, 0.1) is 0 Å². The Bertz CT molecular complexity index is 717. The highest BCUT2D eigenvalue weighted by molar-refractivity contribution is 7.16. The maximum absolute atomic E-state index is 3.98. The van der Waals surface area contributed by atoms with Crippen LogP contribution in [0.25, 0.3) is 0 Å². The van der Waals surface area contributed by atoms with Gasteiger partial charge in [-0.15, -0.1) is 5.73 Å². The molecule has 0 unspecified atom stereocenters. The molecule has 3 rings (SSSR count). The predicted octanol–water partition coefficient (Wildman–Crippen LogP) is 3.43. The van der Waals surface area contributed by atoms with Gasteiger partial charge in [0.25, 0.3) is 0 Å². The zero-order valence-corrected chi connectivity index (χ0v) is 14.4. The van der Waals surface area contributed by atoms with Crippen LogP contribution in [0.15, 0.2) is 109 Å². The molecule has 0 amide bonds. The summed E-state index contributed by atoms with van der Waals surface area (Å²) in [6.07, 6.45) is 0. The fraction of sp³-hybridized carbons (Fsp3) is 0.0455. The van der Waals surface area contributed by atoms with E-state index in [2.05, 4.69) is 110 Å². The van der Waals surface area contributed by atoms with E-state index in [1.807, 2.05) is 0 Å². The molecule has 0 radical (unpaired) electrons. The van der Waals surface area contributed by atoms with Crippen molar-refractivity contribution < 1.29 is 0 Å². The van der Waals surface area contributed by atoms with Crippen molar-refractivity contribution in [3.63, 3.8) is 0 Å². The standard InChI is InChI=1S/C22H20Si/c1-3-19(2)23(20-13-7-4-8-14-20,21-15-9-5-10-16-21)22-17-11-6-12-18-22/h4-18H,1H2,2H3. The van der Waals surface area contributed by atoms with Gasteiger partial charge in [-0.3, -0.25) is 0 Å². The molecule has 0 aliphatic carbocycles. The van der Waals surface area contributed by atoms with Crippen molar-refractivity contribution >= 4 is 23.6 Å². The second-order valence-electron chi connectivity index (χ2n) is 5.65. The predicted molar refractivity (Wildman–Crippen MR) is 102 cm³/mol. The molecule has 0 aliphatic heterocycles. The van der Waals surface area contributed by atoms with Gasteiger partial charge in [-0.05, 0) is 27.7 Å². The summed E-state index contributed by atoms with van der Waals surface area (Å²) in [5.74, 6) is 0. The lowest BCUT2D eigenvalue weighted by Gasteiger charge is -2.33. The zero-order chi connectivity index (χ0) is 16.1. The molecule has 0 aliphatic rings. The molecule has 0 saturated carbocycles. The van der Waals surface area contributed by atoms with Gasteiger partial charge in [0.15, 0.2) is 8.07 Å². The zero-order valence-electron chi connectivity index (χ0n) is 13.4. The van der Waals surface area contributed by atoms with E-state index in [1.54, 1.807) is 0 Å². The SMILES string of the molecule is C=C=C(C)[Si](c1ccccc1)(c1ccccc1)c1ccccc1. The quantitative estimate of drug-likeness (QED) is 0.393. The Kier molecular flexibility index (Phi) is 4.43. The minimum atomic E-state index is -2.28. The largest absolute Gasteiger partial charge is 0.183 e. The molecule has 1 heteroatoms. The van der Waals surface area contributed by atoms with Crippen molar-refractivity contribution in [2.75, 3.05) is 0 Å². The van der Waals surface area contributed by atoms with Gasteiger partial charge in [-0.25, -0.2) is 0 Å². The third-order valence-corrected chi connectivity index (χ3v) is 9.35. The summed E-state index contributed by atoms with van der Waals surface area (Å²) in [6, 6.07) is 32.4. The number of hydrogen-bond donors (Lipinski definition) is 0. The smallest absolute Gasteiger partial charge is 0.133 e. The fourth-order valence-electron chi connectivity index (χ4n) is 3.35. The van der Waals surface area contributed by atoms with E-state index in [9.17, 15) is 0 Å². The molecular formula is C22H20Si. The second kappa shape index (κ2) is 6.66. The van der Waals surface area contributed by atoms with Crippen LogP contribution < -0.4 is 15.6 Å². The van der Waals surface area contributed by atoms with Gasteiger partial charge in [-0.2, -0.15) is 0 Å². The lowest BCUT2D eigenvalue weighted by molar-refractivity contribution is 1.58. The van der Waals surface area contributed by atoms with Crippen LogP contribution >= 0.6 is 0 Å². The molecule has 0 fully saturated rings. The molecule has 112 valence electrons. The molecule has 3 aromatic rings. The van der Waals surface area contributed by atoms with Gasteiger partial charge in [0.05, 0.1) is 0 Å². The molecule has 0 nitrogen and oxygen atoms in total. The summed E-state index contributed by atoms with van der Waals surface area (Å²) >= 11 is 0. The first-order chi connectivity index (χ1) is 11.3. The van der Waals surface area contributed by atoms with Gasteiger partial charge in [-0.1, -0.05) is 97.6 Å². The summed E-state index contributed by atoms with van der Waals surface area (Å²) in [5.41, 5.74) is 3.23. The third kappa shape index (κ3) is 2.61. The number of allylic oxidation sites excluding steroid dienone is 1. The summed E-state index contributed by atoms with van der Waals surface area (Å²) in [6.45, 7) is 6.15. The van der Waals surface area contributed by atoms with Crippen molar-refractivity contribution in [1.82, 2.24) is 0 Å². The van der Waals surface area contributed by atoms with Crippen molar-refractivity contribution in [2.24, 2.45) is 0 Å². The molecule has 0 saturated heterocycles. The summed E-state index contributed by atoms with van der Waals surface area (Å²) in [5, 5.41) is 5.34. The normalized spacial score (nSPS) is 10.8. The lowest BCUT2D eigenvalue weighted by Crippen LogP contribution is -2.68. The van der Waals surface area contributed by atoms with Gasteiger partial charge in [0.2, 0.25) is 0 Å². The minimum Gasteiger partial charge on any atom is -0.133 e. The van der Waals surface area contributed by atoms with Crippen LogP contribution in [0.2, 0.25) is 0 Å².